The molecule has 0 heterocycles. The summed E-state index contributed by atoms with van der Waals surface area (Å²) in [5.74, 6) is -2.35. The fourth-order valence-corrected chi connectivity index (χ4v) is 2.95. The average molecular weight is 335 g/mol. The lowest BCUT2D eigenvalue weighted by atomic mass is 9.72. The molecule has 0 saturated heterocycles. The third-order valence-corrected chi connectivity index (χ3v) is 4.14. The second-order valence-electron chi connectivity index (χ2n) is 4.94. The summed E-state index contributed by atoms with van der Waals surface area (Å²) in [5, 5.41) is 0. The van der Waals surface area contributed by atoms with Crippen LogP contribution in [-0.2, 0) is 46.5 Å². The second-order valence-corrected chi connectivity index (χ2v) is 6.40. The Morgan fingerprint density at radius 1 is 0.792 bits per heavy atom. The van der Waals surface area contributed by atoms with E-state index in [0.717, 1.165) is 0 Å². The number of carbonyl (C=O) groups excluding carboxylic acids is 1. The molecule has 0 spiro atoms. The first kappa shape index (κ1) is 21.0. The monoisotopic (exact) mass is 336 g/mol. The van der Waals surface area contributed by atoms with Gasteiger partial charge in [-0.05, 0) is 22.3 Å². The maximum absolute atomic E-state index is 11.8. The minimum absolute atomic E-state index is 0.0201. The van der Waals surface area contributed by atoms with Gasteiger partial charge >= 0.3 is 5.97 Å². The van der Waals surface area contributed by atoms with Gasteiger partial charge in [0.25, 0.3) is 10.1 Å². The van der Waals surface area contributed by atoms with Gasteiger partial charge < -0.3 is 4.74 Å². The Labute approximate surface area is 149 Å². The van der Waals surface area contributed by atoms with Gasteiger partial charge in [0.05, 0.1) is 39.2 Å². The average Bonchev–Trinajstić information content (AvgIpc) is 2.50. The third kappa shape index (κ3) is 4.73. The minimum atomic E-state index is -4.53. The number of ether oxygens (including phenoxy) is 1. The van der Waals surface area contributed by atoms with Crippen molar-refractivity contribution in [1.82, 2.24) is 0 Å². The molecule has 0 aromatic heterocycles. The van der Waals surface area contributed by atoms with Gasteiger partial charge in [-0.15, -0.1) is 0 Å². The normalized spacial score (nSPS) is 11.4. The predicted molar refractivity (Wildman–Crippen MR) is 95.8 cm³/mol. The fraction of sp³-hybridized carbons (Fsp3) is 0.462. The van der Waals surface area contributed by atoms with Crippen molar-refractivity contribution in [3.8, 4) is 5.75 Å². The lowest BCUT2D eigenvalue weighted by Gasteiger charge is -2.25. The number of benzene rings is 1. The van der Waals surface area contributed by atoms with Gasteiger partial charge in [0.2, 0.25) is 0 Å². The van der Waals surface area contributed by atoms with Gasteiger partial charge in [0.15, 0.2) is 5.75 Å². The quantitative estimate of drug-likeness (QED) is 0.280. The van der Waals surface area contributed by atoms with Gasteiger partial charge in [-0.25, -0.2) is 0 Å². The molecule has 0 unspecified atom stereocenters. The molecule has 5 nitrogen and oxygen atoms in total. The SMILES string of the molecule is [B]Cc1c(C[B])c(C[B])c(OC(=O)CS(=O)(=O)O)c(C[B])c1C[B]. The van der Waals surface area contributed by atoms with Crippen LogP contribution in [0.5, 0.6) is 5.75 Å². The Morgan fingerprint density at radius 3 is 1.42 bits per heavy atom. The van der Waals surface area contributed by atoms with Crippen molar-refractivity contribution in [2.24, 2.45) is 0 Å². The van der Waals surface area contributed by atoms with Crippen molar-refractivity contribution < 1.29 is 22.5 Å². The van der Waals surface area contributed by atoms with Gasteiger partial charge in [0.1, 0.15) is 5.75 Å². The lowest BCUT2D eigenvalue weighted by Crippen LogP contribution is -2.23. The maximum Gasteiger partial charge on any atom is 0.329 e. The van der Waals surface area contributed by atoms with Crippen molar-refractivity contribution in [2.75, 3.05) is 5.75 Å². The van der Waals surface area contributed by atoms with Gasteiger partial charge in [-0.1, -0.05) is 37.2 Å². The van der Waals surface area contributed by atoms with E-state index >= 15 is 0 Å². The molecule has 1 N–H and O–H groups in total. The van der Waals surface area contributed by atoms with E-state index in [1.807, 2.05) is 0 Å². The topological polar surface area (TPSA) is 80.7 Å². The maximum atomic E-state index is 11.8. The lowest BCUT2D eigenvalue weighted by molar-refractivity contribution is -0.131. The molecule has 0 atom stereocenters. The number of hydrogen-bond donors (Lipinski definition) is 1. The van der Waals surface area contributed by atoms with E-state index in [4.69, 9.17) is 48.5 Å². The molecule has 0 saturated carbocycles. The summed E-state index contributed by atoms with van der Waals surface area (Å²) in [6.07, 6.45) is 0.204. The summed E-state index contributed by atoms with van der Waals surface area (Å²) < 4.78 is 35.6. The third-order valence-electron chi connectivity index (χ3n) is 3.54. The Kier molecular flexibility index (Phi) is 7.74. The number of hydrogen-bond acceptors (Lipinski definition) is 4. The Hall–Kier alpha value is -1.08. The van der Waals surface area contributed by atoms with Crippen LogP contribution in [0.2, 0.25) is 0 Å². The molecular weight excluding hydrogens is 322 g/mol. The highest BCUT2D eigenvalue weighted by atomic mass is 32.2. The van der Waals surface area contributed by atoms with E-state index in [2.05, 4.69) is 0 Å². The zero-order valence-electron chi connectivity index (χ0n) is 13.1. The van der Waals surface area contributed by atoms with Crippen molar-refractivity contribution in [3.05, 3.63) is 27.8 Å². The predicted octanol–water partition coefficient (Wildman–Crippen LogP) is -1.18. The van der Waals surface area contributed by atoms with E-state index in [0.29, 0.717) is 27.8 Å². The van der Waals surface area contributed by atoms with Crippen LogP contribution in [0.4, 0.5) is 0 Å². The smallest absolute Gasteiger partial charge is 0.329 e. The first-order chi connectivity index (χ1) is 11.2. The van der Waals surface area contributed by atoms with E-state index in [9.17, 15) is 13.2 Å². The summed E-state index contributed by atoms with van der Waals surface area (Å²) in [6, 6.07) is 0. The van der Waals surface area contributed by atoms with Crippen LogP contribution >= 0.6 is 0 Å². The molecule has 0 fully saturated rings. The van der Waals surface area contributed by atoms with Crippen molar-refractivity contribution in [3.63, 3.8) is 0 Å². The number of esters is 1. The fourth-order valence-electron chi connectivity index (χ4n) is 2.59. The molecule has 0 bridgehead atoms. The van der Waals surface area contributed by atoms with Crippen LogP contribution in [0.25, 0.3) is 0 Å². The van der Waals surface area contributed by atoms with E-state index in [1.54, 1.807) is 0 Å². The van der Waals surface area contributed by atoms with E-state index in [1.165, 1.54) is 0 Å². The van der Waals surface area contributed by atoms with Gasteiger partial charge in [-0.2, -0.15) is 8.42 Å². The highest BCUT2D eigenvalue weighted by molar-refractivity contribution is 7.86. The zero-order chi connectivity index (χ0) is 18.5. The standard InChI is InChI=1S/C13H13B5O5S/c14-1-7-8(2-15)10(4-17)13(11(5-18)9(7)3-16)23-12(19)6-24(20,21)22/h1-6H2,(H,20,21,22). The molecular formula is C13H13B5O5S. The zero-order valence-corrected chi connectivity index (χ0v) is 13.9. The molecule has 1 aromatic rings. The molecule has 0 amide bonds. The Balaban J connectivity index is 3.59. The molecule has 10 radical (unpaired) electrons. The van der Waals surface area contributed by atoms with Crippen LogP contribution in [-0.4, -0.2) is 63.9 Å². The molecule has 0 aliphatic carbocycles. The molecule has 0 aliphatic rings. The summed E-state index contributed by atoms with van der Waals surface area (Å²) in [4.78, 5) is 11.8. The second kappa shape index (κ2) is 8.86. The van der Waals surface area contributed by atoms with Crippen LogP contribution < -0.4 is 4.74 Å². The van der Waals surface area contributed by atoms with Crippen molar-refractivity contribution in [1.29, 1.82) is 0 Å². The number of rotatable bonds is 8. The van der Waals surface area contributed by atoms with Gasteiger partial charge in [0, 0.05) is 0 Å². The summed E-state index contributed by atoms with van der Waals surface area (Å²) in [7, 11) is 24.2. The van der Waals surface area contributed by atoms with Crippen LogP contribution in [0.15, 0.2) is 0 Å². The Bertz CT molecular complexity index is 687. The molecule has 1 aromatic carbocycles. The number of carbonyl (C=O) groups is 1. The molecule has 11 heteroatoms. The highest BCUT2D eigenvalue weighted by Crippen LogP contribution is 2.35. The van der Waals surface area contributed by atoms with Crippen LogP contribution in [0.1, 0.15) is 27.8 Å². The van der Waals surface area contributed by atoms with Crippen molar-refractivity contribution >= 4 is 55.3 Å². The van der Waals surface area contributed by atoms with E-state index < -0.39 is 21.8 Å². The molecule has 24 heavy (non-hydrogen) atoms. The first-order valence-corrected chi connectivity index (χ1v) is 8.69. The summed E-state index contributed by atoms with van der Waals surface area (Å²) in [5.41, 5.74) is 2.63. The van der Waals surface area contributed by atoms with Crippen LogP contribution in [0, 0.1) is 0 Å². The minimum Gasteiger partial charge on any atom is -0.425 e. The molecule has 0 aliphatic heterocycles. The molecule has 116 valence electrons. The van der Waals surface area contributed by atoms with E-state index in [-0.39, 0.29) is 37.4 Å². The Morgan fingerprint density at radius 2 is 1.12 bits per heavy atom. The molecule has 1 rings (SSSR count). The summed E-state index contributed by atoms with van der Waals surface area (Å²) in [6.45, 7) is 0. The van der Waals surface area contributed by atoms with Crippen molar-refractivity contribution in [2.45, 2.75) is 31.6 Å². The largest absolute Gasteiger partial charge is 0.425 e. The van der Waals surface area contributed by atoms with Crippen LogP contribution in [0.3, 0.4) is 0 Å². The summed E-state index contributed by atoms with van der Waals surface area (Å²) >= 11 is 0. The first-order valence-electron chi connectivity index (χ1n) is 7.08. The highest BCUT2D eigenvalue weighted by Gasteiger charge is 2.23. The van der Waals surface area contributed by atoms with Gasteiger partial charge in [-0.3, -0.25) is 9.35 Å².